The van der Waals surface area contributed by atoms with E-state index in [0.29, 0.717) is 5.92 Å². The molecule has 1 heteroatoms. The van der Waals surface area contributed by atoms with Crippen LogP contribution in [0.4, 0.5) is 0 Å². The smallest absolute Gasteiger partial charge is 0.0626 e. The van der Waals surface area contributed by atoms with Crippen LogP contribution < -0.4 is 0 Å². The highest BCUT2D eigenvalue weighted by atomic mass is 15.0. The van der Waals surface area contributed by atoms with Crippen molar-refractivity contribution in [3.05, 3.63) is 151 Å². The summed E-state index contributed by atoms with van der Waals surface area (Å²) in [6.07, 6.45) is 12.7. The average molecular weight is 522 g/mol. The Morgan fingerprint density at radius 1 is 0.610 bits per heavy atom. The number of benzene rings is 6. The van der Waals surface area contributed by atoms with Gasteiger partial charge in [-0.1, -0.05) is 121 Å². The van der Waals surface area contributed by atoms with Crippen molar-refractivity contribution in [3.8, 4) is 16.8 Å². The van der Waals surface area contributed by atoms with Crippen molar-refractivity contribution in [1.29, 1.82) is 0 Å². The van der Waals surface area contributed by atoms with E-state index in [2.05, 4.69) is 150 Å². The van der Waals surface area contributed by atoms with Gasteiger partial charge in [-0.2, -0.15) is 0 Å². The number of hydrogen-bond donors (Lipinski definition) is 0. The molecule has 0 bridgehead atoms. The van der Waals surface area contributed by atoms with Crippen molar-refractivity contribution in [2.24, 2.45) is 5.92 Å². The fraction of sp³-hybridized carbons (Fsp3) is 0.0500. The Hall–Kier alpha value is -5.14. The zero-order valence-corrected chi connectivity index (χ0v) is 22.6. The van der Waals surface area contributed by atoms with Crippen LogP contribution >= 0.6 is 0 Å². The van der Waals surface area contributed by atoms with Gasteiger partial charge >= 0.3 is 0 Å². The molecule has 9 rings (SSSR count). The van der Waals surface area contributed by atoms with Crippen molar-refractivity contribution in [2.45, 2.75) is 6.42 Å². The second-order valence-electron chi connectivity index (χ2n) is 11.2. The fourth-order valence-corrected chi connectivity index (χ4v) is 7.33. The van der Waals surface area contributed by atoms with Gasteiger partial charge in [-0.05, 0) is 68.9 Å². The molecule has 0 saturated heterocycles. The van der Waals surface area contributed by atoms with Gasteiger partial charge in [-0.25, -0.2) is 0 Å². The molecule has 0 aliphatic heterocycles. The Bertz CT molecular complexity index is 2260. The molecule has 0 fully saturated rings. The molecule has 192 valence electrons. The summed E-state index contributed by atoms with van der Waals surface area (Å²) >= 11 is 0. The molecule has 0 saturated carbocycles. The third-order valence-corrected chi connectivity index (χ3v) is 9.05. The molecule has 0 N–H and O–H groups in total. The summed E-state index contributed by atoms with van der Waals surface area (Å²) in [5.74, 6) is 0.402. The lowest BCUT2D eigenvalue weighted by Crippen LogP contribution is -2.08. The number of aromatic nitrogens is 1. The standard InChI is InChI=1S/C40H27N/c1-3-13-26(14-4-1)34-25-35-31-20-10-12-22-33(31)40-39(37(35)32-21-11-9-19-30(32)34)38-29-18-8-7-15-27(29)23-24-36(38)41(40)28-16-5-2-6-17-28/h1-14,16-25,27H,15H2. The highest BCUT2D eigenvalue weighted by molar-refractivity contribution is 6.35. The lowest BCUT2D eigenvalue weighted by molar-refractivity contribution is 0.840. The van der Waals surface area contributed by atoms with Gasteiger partial charge in [0.15, 0.2) is 0 Å². The Kier molecular flexibility index (Phi) is 4.80. The van der Waals surface area contributed by atoms with E-state index >= 15 is 0 Å². The summed E-state index contributed by atoms with van der Waals surface area (Å²) in [5.41, 5.74) is 9.12. The van der Waals surface area contributed by atoms with Crippen molar-refractivity contribution in [1.82, 2.24) is 4.57 Å². The summed E-state index contributed by atoms with van der Waals surface area (Å²) in [4.78, 5) is 0. The SMILES string of the molecule is C1=CCC2C=Cc3c(c4c5c6ccccc6c(-c6ccccc6)cc5c5ccccc5c4n3-c3ccccc3)C2=C1. The van der Waals surface area contributed by atoms with Crippen molar-refractivity contribution < 1.29 is 0 Å². The summed E-state index contributed by atoms with van der Waals surface area (Å²) in [6, 6.07) is 42.2. The van der Waals surface area contributed by atoms with E-state index in [9.17, 15) is 0 Å². The Balaban J connectivity index is 1.59. The normalized spacial score (nSPS) is 15.9. The van der Waals surface area contributed by atoms with Crippen LogP contribution in [0.1, 0.15) is 17.7 Å². The highest BCUT2D eigenvalue weighted by Crippen LogP contribution is 2.50. The van der Waals surface area contributed by atoms with Crippen LogP contribution in [0.2, 0.25) is 0 Å². The van der Waals surface area contributed by atoms with E-state index in [1.54, 1.807) is 0 Å². The maximum absolute atomic E-state index is 2.51. The predicted octanol–water partition coefficient (Wildman–Crippen LogP) is 10.7. The average Bonchev–Trinajstić information content (AvgIpc) is 3.41. The first-order chi connectivity index (χ1) is 20.4. The van der Waals surface area contributed by atoms with E-state index in [0.717, 1.165) is 6.42 Å². The maximum Gasteiger partial charge on any atom is 0.0626 e. The molecular weight excluding hydrogens is 494 g/mol. The van der Waals surface area contributed by atoms with E-state index in [-0.39, 0.29) is 0 Å². The van der Waals surface area contributed by atoms with E-state index in [1.165, 1.54) is 76.9 Å². The summed E-state index contributed by atoms with van der Waals surface area (Å²) < 4.78 is 2.51. The zero-order valence-electron chi connectivity index (χ0n) is 22.6. The first-order valence-electron chi connectivity index (χ1n) is 14.5. The molecular formula is C40H27N. The number of fused-ring (bicyclic) bond motifs is 12. The number of para-hydroxylation sites is 1. The summed E-state index contributed by atoms with van der Waals surface area (Å²) in [6.45, 7) is 0. The molecule has 0 radical (unpaired) electrons. The molecule has 41 heavy (non-hydrogen) atoms. The molecule has 1 heterocycles. The highest BCUT2D eigenvalue weighted by Gasteiger charge is 2.30. The van der Waals surface area contributed by atoms with Crippen molar-refractivity contribution in [3.63, 3.8) is 0 Å². The lowest BCUT2D eigenvalue weighted by Gasteiger charge is -2.24. The Morgan fingerprint density at radius 3 is 2.10 bits per heavy atom. The molecule has 0 spiro atoms. The molecule has 7 aromatic rings. The van der Waals surface area contributed by atoms with Crippen LogP contribution in [0.5, 0.6) is 0 Å². The Labute approximate surface area is 239 Å². The second kappa shape index (κ2) is 8.68. The first-order valence-corrected chi connectivity index (χ1v) is 14.5. The number of allylic oxidation sites excluding steroid dienone is 5. The zero-order chi connectivity index (χ0) is 26.9. The minimum absolute atomic E-state index is 0.402. The third-order valence-electron chi connectivity index (χ3n) is 9.05. The van der Waals surface area contributed by atoms with Gasteiger partial charge < -0.3 is 4.57 Å². The molecule has 1 nitrogen and oxygen atoms in total. The molecule has 2 aliphatic carbocycles. The van der Waals surface area contributed by atoms with E-state index < -0.39 is 0 Å². The van der Waals surface area contributed by atoms with Gasteiger partial charge in [0.2, 0.25) is 0 Å². The third kappa shape index (κ3) is 3.18. The lowest BCUT2D eigenvalue weighted by atomic mass is 9.80. The van der Waals surface area contributed by atoms with E-state index in [1.807, 2.05) is 0 Å². The molecule has 6 aromatic carbocycles. The second-order valence-corrected chi connectivity index (χ2v) is 11.2. The largest absolute Gasteiger partial charge is 0.309 e. The van der Waals surface area contributed by atoms with Crippen LogP contribution in [0.25, 0.3) is 71.7 Å². The van der Waals surface area contributed by atoms with Gasteiger partial charge in [-0.3, -0.25) is 0 Å². The minimum Gasteiger partial charge on any atom is -0.309 e. The van der Waals surface area contributed by atoms with Gasteiger partial charge in [0, 0.05) is 33.3 Å². The van der Waals surface area contributed by atoms with Crippen LogP contribution in [0, 0.1) is 5.92 Å². The monoisotopic (exact) mass is 521 g/mol. The minimum atomic E-state index is 0.402. The summed E-state index contributed by atoms with van der Waals surface area (Å²) in [7, 11) is 0. The summed E-state index contributed by atoms with van der Waals surface area (Å²) in [5, 5.41) is 9.22. The van der Waals surface area contributed by atoms with E-state index in [4.69, 9.17) is 0 Å². The van der Waals surface area contributed by atoms with Crippen LogP contribution in [-0.2, 0) is 0 Å². The van der Waals surface area contributed by atoms with Crippen LogP contribution in [0.15, 0.2) is 140 Å². The predicted molar refractivity (Wildman–Crippen MR) is 175 cm³/mol. The Morgan fingerprint density at radius 2 is 1.29 bits per heavy atom. The topological polar surface area (TPSA) is 4.93 Å². The molecule has 0 amide bonds. The van der Waals surface area contributed by atoms with Gasteiger partial charge in [-0.15, -0.1) is 0 Å². The van der Waals surface area contributed by atoms with Crippen molar-refractivity contribution >= 4 is 54.9 Å². The maximum atomic E-state index is 2.51. The number of rotatable bonds is 2. The molecule has 2 aliphatic rings. The van der Waals surface area contributed by atoms with Crippen molar-refractivity contribution in [2.75, 3.05) is 0 Å². The molecule has 1 atom stereocenters. The van der Waals surface area contributed by atoms with Crippen LogP contribution in [0.3, 0.4) is 0 Å². The first kappa shape index (κ1) is 22.7. The van der Waals surface area contributed by atoms with Gasteiger partial charge in [0.05, 0.1) is 11.2 Å². The fourth-order valence-electron chi connectivity index (χ4n) is 7.33. The van der Waals surface area contributed by atoms with Gasteiger partial charge in [0.25, 0.3) is 0 Å². The number of nitrogens with zero attached hydrogens (tertiary/aromatic N) is 1. The van der Waals surface area contributed by atoms with Gasteiger partial charge in [0.1, 0.15) is 0 Å². The molecule has 1 aromatic heterocycles. The number of hydrogen-bond acceptors (Lipinski definition) is 0. The quantitative estimate of drug-likeness (QED) is 0.199. The van der Waals surface area contributed by atoms with Crippen LogP contribution in [-0.4, -0.2) is 4.57 Å². The molecule has 1 unspecified atom stereocenters.